The van der Waals surface area contributed by atoms with Crippen LogP contribution in [0.15, 0.2) is 47.1 Å². The lowest BCUT2D eigenvalue weighted by Gasteiger charge is -2.18. The quantitative estimate of drug-likeness (QED) is 0.888. The van der Waals surface area contributed by atoms with E-state index in [2.05, 4.69) is 57.4 Å². The van der Waals surface area contributed by atoms with Crippen LogP contribution in [0.1, 0.15) is 24.1 Å². The fourth-order valence-electron chi connectivity index (χ4n) is 2.11. The van der Waals surface area contributed by atoms with E-state index in [1.807, 2.05) is 12.1 Å². The van der Waals surface area contributed by atoms with Gasteiger partial charge in [-0.05, 0) is 48.4 Å². The molecule has 0 spiro atoms. The molecule has 0 fully saturated rings. The van der Waals surface area contributed by atoms with Crippen molar-refractivity contribution in [3.05, 3.63) is 58.2 Å². The Balaban J connectivity index is 2.18. The third kappa shape index (κ3) is 4.04. The van der Waals surface area contributed by atoms with Crippen molar-refractivity contribution < 1.29 is 0 Å². The highest BCUT2D eigenvalue weighted by atomic mass is 79.9. The van der Waals surface area contributed by atoms with Crippen LogP contribution in [0.25, 0.3) is 0 Å². The van der Waals surface area contributed by atoms with Crippen molar-refractivity contribution in [2.45, 2.75) is 19.4 Å². The number of aromatic nitrogens is 1. The van der Waals surface area contributed by atoms with Gasteiger partial charge >= 0.3 is 0 Å². The molecular weight excluding hydrogens is 302 g/mol. The van der Waals surface area contributed by atoms with Crippen LogP contribution in [0.4, 0.5) is 5.82 Å². The van der Waals surface area contributed by atoms with Crippen molar-refractivity contribution in [3.63, 3.8) is 0 Å². The monoisotopic (exact) mass is 319 g/mol. The van der Waals surface area contributed by atoms with Gasteiger partial charge in [-0.3, -0.25) is 0 Å². The second-order valence-corrected chi connectivity index (χ2v) is 5.37. The Morgan fingerprint density at radius 1 is 1.26 bits per heavy atom. The molecule has 1 heterocycles. The fourth-order valence-corrected chi connectivity index (χ4v) is 2.37. The van der Waals surface area contributed by atoms with Gasteiger partial charge < -0.3 is 11.1 Å². The molecule has 0 aliphatic rings. The first-order valence-corrected chi connectivity index (χ1v) is 7.17. The number of nitrogens with zero attached hydrogens (tertiary/aromatic N) is 1. The van der Waals surface area contributed by atoms with Gasteiger partial charge in [-0.15, -0.1) is 0 Å². The van der Waals surface area contributed by atoms with Crippen LogP contribution >= 0.6 is 15.9 Å². The maximum atomic E-state index is 5.73. The van der Waals surface area contributed by atoms with E-state index in [0.717, 1.165) is 17.4 Å². The van der Waals surface area contributed by atoms with Crippen molar-refractivity contribution in [1.29, 1.82) is 0 Å². The molecular formula is C15H18BrN3. The first-order chi connectivity index (χ1) is 9.19. The van der Waals surface area contributed by atoms with Crippen molar-refractivity contribution >= 4 is 21.7 Å². The third-order valence-corrected chi connectivity index (χ3v) is 3.54. The number of rotatable bonds is 5. The minimum atomic E-state index is 0.292. The summed E-state index contributed by atoms with van der Waals surface area (Å²) in [5, 5.41) is 3.51. The molecule has 100 valence electrons. The molecule has 1 unspecified atom stereocenters. The van der Waals surface area contributed by atoms with Crippen molar-refractivity contribution in [2.75, 3.05) is 12.3 Å². The lowest BCUT2D eigenvalue weighted by atomic mass is 9.99. The van der Waals surface area contributed by atoms with E-state index < -0.39 is 0 Å². The fraction of sp³-hybridized carbons (Fsp3) is 0.267. The van der Waals surface area contributed by atoms with Crippen LogP contribution in [-0.4, -0.2) is 11.5 Å². The van der Waals surface area contributed by atoms with Gasteiger partial charge in [-0.2, -0.15) is 0 Å². The van der Waals surface area contributed by atoms with Gasteiger partial charge in [0.05, 0.1) is 0 Å². The molecule has 0 saturated carbocycles. The molecule has 1 aromatic carbocycles. The molecule has 0 aliphatic carbocycles. The minimum Gasteiger partial charge on any atom is -0.384 e. The highest BCUT2D eigenvalue weighted by molar-refractivity contribution is 9.10. The van der Waals surface area contributed by atoms with Gasteiger partial charge in [0.2, 0.25) is 0 Å². The predicted octanol–water partition coefficient (Wildman–Crippen LogP) is 3.32. The summed E-state index contributed by atoms with van der Waals surface area (Å²) < 4.78 is 1.10. The number of benzene rings is 1. The smallest absolute Gasteiger partial charge is 0.123 e. The first kappa shape index (κ1) is 14.0. The Hall–Kier alpha value is -1.39. The standard InChI is InChI=1S/C15H18BrN3/c1-2-18-14(12-3-5-13(16)6-4-12)9-11-7-8-19-15(17)10-11/h3-8,10,14,18H,2,9H2,1H3,(H2,17,19). The zero-order chi connectivity index (χ0) is 13.7. The molecule has 1 aromatic heterocycles. The SMILES string of the molecule is CCNC(Cc1ccnc(N)c1)c1ccc(Br)cc1. The minimum absolute atomic E-state index is 0.292. The number of anilines is 1. The predicted molar refractivity (Wildman–Crippen MR) is 82.9 cm³/mol. The second-order valence-electron chi connectivity index (χ2n) is 4.45. The van der Waals surface area contributed by atoms with Crippen molar-refractivity contribution in [3.8, 4) is 0 Å². The normalized spacial score (nSPS) is 12.3. The summed E-state index contributed by atoms with van der Waals surface area (Å²) >= 11 is 3.46. The lowest BCUT2D eigenvalue weighted by molar-refractivity contribution is 0.549. The number of likely N-dealkylation sites (N-methyl/N-ethyl adjacent to an activating group) is 1. The molecule has 19 heavy (non-hydrogen) atoms. The molecule has 4 heteroatoms. The number of halogens is 1. The molecule has 3 nitrogen and oxygen atoms in total. The van der Waals surface area contributed by atoms with Crippen LogP contribution in [0.3, 0.4) is 0 Å². The molecule has 1 atom stereocenters. The summed E-state index contributed by atoms with van der Waals surface area (Å²) in [4.78, 5) is 4.03. The topological polar surface area (TPSA) is 50.9 Å². The number of nitrogen functional groups attached to an aromatic ring is 1. The third-order valence-electron chi connectivity index (χ3n) is 3.01. The van der Waals surface area contributed by atoms with Gasteiger partial charge in [0.1, 0.15) is 5.82 Å². The average Bonchev–Trinajstić information content (AvgIpc) is 2.39. The average molecular weight is 320 g/mol. The molecule has 0 bridgehead atoms. The zero-order valence-electron chi connectivity index (χ0n) is 10.9. The van der Waals surface area contributed by atoms with E-state index in [1.54, 1.807) is 6.20 Å². The summed E-state index contributed by atoms with van der Waals surface area (Å²) in [6.45, 7) is 3.05. The molecule has 0 aliphatic heterocycles. The van der Waals surface area contributed by atoms with E-state index in [9.17, 15) is 0 Å². The van der Waals surface area contributed by atoms with E-state index in [-0.39, 0.29) is 0 Å². The van der Waals surface area contributed by atoms with Gasteiger partial charge in [-0.1, -0.05) is 35.0 Å². The Kier molecular flexibility index (Phi) is 4.93. The molecule has 0 saturated heterocycles. The Bertz CT molecular complexity index is 525. The van der Waals surface area contributed by atoms with Crippen LogP contribution in [0, 0.1) is 0 Å². The maximum Gasteiger partial charge on any atom is 0.123 e. The second kappa shape index (κ2) is 6.68. The number of hydrogen-bond acceptors (Lipinski definition) is 3. The van der Waals surface area contributed by atoms with Crippen LogP contribution in [-0.2, 0) is 6.42 Å². The number of pyridine rings is 1. The van der Waals surface area contributed by atoms with Crippen LogP contribution in [0.5, 0.6) is 0 Å². The summed E-state index contributed by atoms with van der Waals surface area (Å²) in [6.07, 6.45) is 2.66. The van der Waals surface area contributed by atoms with E-state index in [1.165, 1.54) is 11.1 Å². The summed E-state index contributed by atoms with van der Waals surface area (Å²) in [5.74, 6) is 0.573. The van der Waals surface area contributed by atoms with E-state index in [4.69, 9.17) is 5.73 Å². The molecule has 0 amide bonds. The summed E-state index contributed by atoms with van der Waals surface area (Å²) in [5.41, 5.74) is 8.20. The van der Waals surface area contributed by atoms with Crippen LogP contribution < -0.4 is 11.1 Å². The molecule has 2 rings (SSSR count). The number of hydrogen-bond donors (Lipinski definition) is 2. The van der Waals surface area contributed by atoms with Crippen molar-refractivity contribution in [2.24, 2.45) is 0 Å². The Morgan fingerprint density at radius 2 is 2.00 bits per heavy atom. The largest absolute Gasteiger partial charge is 0.384 e. The lowest BCUT2D eigenvalue weighted by Crippen LogP contribution is -2.23. The Morgan fingerprint density at radius 3 is 2.63 bits per heavy atom. The van der Waals surface area contributed by atoms with E-state index in [0.29, 0.717) is 11.9 Å². The highest BCUT2D eigenvalue weighted by Gasteiger charge is 2.11. The molecule has 3 N–H and O–H groups in total. The van der Waals surface area contributed by atoms with Crippen molar-refractivity contribution in [1.82, 2.24) is 10.3 Å². The number of nitrogens with two attached hydrogens (primary N) is 1. The summed E-state index contributed by atoms with van der Waals surface area (Å²) in [7, 11) is 0. The van der Waals surface area contributed by atoms with Crippen LogP contribution in [0.2, 0.25) is 0 Å². The molecule has 2 aromatic rings. The Labute approximate surface area is 122 Å². The molecule has 0 radical (unpaired) electrons. The number of nitrogens with one attached hydrogen (secondary N) is 1. The maximum absolute atomic E-state index is 5.73. The first-order valence-electron chi connectivity index (χ1n) is 6.38. The van der Waals surface area contributed by atoms with Gasteiger partial charge in [-0.25, -0.2) is 4.98 Å². The van der Waals surface area contributed by atoms with E-state index >= 15 is 0 Å². The van der Waals surface area contributed by atoms with Gasteiger partial charge in [0, 0.05) is 16.7 Å². The zero-order valence-corrected chi connectivity index (χ0v) is 12.5. The van der Waals surface area contributed by atoms with Gasteiger partial charge in [0.25, 0.3) is 0 Å². The van der Waals surface area contributed by atoms with Gasteiger partial charge in [0.15, 0.2) is 0 Å². The highest BCUT2D eigenvalue weighted by Crippen LogP contribution is 2.21. The summed E-state index contributed by atoms with van der Waals surface area (Å²) in [6, 6.07) is 12.7.